The minimum Gasteiger partial charge on any atom is -0.472 e. The van der Waals surface area contributed by atoms with Gasteiger partial charge in [-0.3, -0.25) is 0 Å². The average molecular weight is 431 g/mol. The van der Waals surface area contributed by atoms with Crippen LogP contribution in [-0.2, 0) is 11.2 Å². The number of nitrogens with zero attached hydrogens (tertiary/aromatic N) is 2. The number of ether oxygens (including phenoxy) is 1. The summed E-state index contributed by atoms with van der Waals surface area (Å²) in [5.74, 6) is 0.573. The van der Waals surface area contributed by atoms with Crippen LogP contribution in [0.5, 0.6) is 0 Å². The second-order valence-corrected chi connectivity index (χ2v) is 7.84. The predicted molar refractivity (Wildman–Crippen MR) is 110 cm³/mol. The number of aliphatic hydroxyl groups is 3. The number of rotatable bonds is 5. The van der Waals surface area contributed by atoms with E-state index in [2.05, 4.69) is 9.97 Å². The fourth-order valence-electron chi connectivity index (χ4n) is 3.68. The van der Waals surface area contributed by atoms with Crippen LogP contribution in [0.2, 0.25) is 5.02 Å². The molecule has 2 aromatic heterocycles. The molecule has 0 unspecified atom stereocenters. The summed E-state index contributed by atoms with van der Waals surface area (Å²) >= 11 is 6.40. The van der Waals surface area contributed by atoms with E-state index in [1.54, 1.807) is 43.1 Å². The average Bonchev–Trinajstić information content (AvgIpc) is 3.30. The Morgan fingerprint density at radius 2 is 1.80 bits per heavy atom. The third-order valence-electron chi connectivity index (χ3n) is 5.39. The molecule has 5 atom stereocenters. The summed E-state index contributed by atoms with van der Waals surface area (Å²) in [6.45, 7) is 1.86. The lowest BCUT2D eigenvalue weighted by Gasteiger charge is -2.40. The largest absolute Gasteiger partial charge is 0.472 e. The van der Waals surface area contributed by atoms with Crippen molar-refractivity contribution in [2.24, 2.45) is 0 Å². The molecule has 4 rings (SSSR count). The number of hydrogen-bond donors (Lipinski definition) is 3. The molecule has 3 aromatic rings. The molecule has 0 spiro atoms. The summed E-state index contributed by atoms with van der Waals surface area (Å²) in [4.78, 5) is 8.74. The second kappa shape index (κ2) is 8.83. The lowest BCUT2D eigenvalue weighted by Crippen LogP contribution is -2.53. The smallest absolute Gasteiger partial charge is 0.162 e. The monoisotopic (exact) mass is 430 g/mol. The van der Waals surface area contributed by atoms with E-state index in [1.807, 2.05) is 13.0 Å². The highest BCUT2D eigenvalue weighted by Gasteiger charge is 2.43. The maximum atomic E-state index is 10.4. The van der Waals surface area contributed by atoms with Crippen molar-refractivity contribution in [3.63, 3.8) is 0 Å². The van der Waals surface area contributed by atoms with Gasteiger partial charge >= 0.3 is 0 Å². The van der Waals surface area contributed by atoms with Gasteiger partial charge in [-0.1, -0.05) is 30.7 Å². The summed E-state index contributed by atoms with van der Waals surface area (Å²) in [6, 6.07) is 7.13. The van der Waals surface area contributed by atoms with E-state index in [9.17, 15) is 15.3 Å². The Bertz CT molecular complexity index is 978. The zero-order valence-electron chi connectivity index (χ0n) is 16.4. The van der Waals surface area contributed by atoms with Crippen LogP contribution >= 0.6 is 11.6 Å². The van der Waals surface area contributed by atoms with Gasteiger partial charge in [-0.25, -0.2) is 9.97 Å². The van der Waals surface area contributed by atoms with E-state index in [0.717, 1.165) is 16.7 Å². The van der Waals surface area contributed by atoms with Gasteiger partial charge < -0.3 is 24.5 Å². The van der Waals surface area contributed by atoms with Crippen LogP contribution in [0.25, 0.3) is 11.4 Å². The van der Waals surface area contributed by atoms with Crippen molar-refractivity contribution in [3.8, 4) is 11.4 Å². The van der Waals surface area contributed by atoms with E-state index < -0.39 is 30.5 Å². The van der Waals surface area contributed by atoms with Crippen molar-refractivity contribution < 1.29 is 24.5 Å². The van der Waals surface area contributed by atoms with E-state index in [4.69, 9.17) is 20.8 Å². The van der Waals surface area contributed by atoms with Gasteiger partial charge in [0.05, 0.1) is 17.9 Å². The third kappa shape index (κ3) is 4.12. The van der Waals surface area contributed by atoms with Crippen LogP contribution in [0.4, 0.5) is 0 Å². The number of aromatic nitrogens is 2. The topological polar surface area (TPSA) is 109 Å². The number of aliphatic hydroxyl groups excluding tert-OH is 3. The van der Waals surface area contributed by atoms with Gasteiger partial charge in [0.2, 0.25) is 0 Å². The van der Waals surface area contributed by atoms with E-state index in [1.165, 1.54) is 0 Å². The molecule has 158 valence electrons. The van der Waals surface area contributed by atoms with Crippen molar-refractivity contribution in [2.75, 3.05) is 0 Å². The van der Waals surface area contributed by atoms with Gasteiger partial charge in [0.25, 0.3) is 0 Å². The Labute approximate surface area is 178 Å². The number of halogens is 1. The van der Waals surface area contributed by atoms with Crippen LogP contribution in [0.15, 0.2) is 53.6 Å². The van der Waals surface area contributed by atoms with Gasteiger partial charge in [-0.15, -0.1) is 0 Å². The van der Waals surface area contributed by atoms with Crippen LogP contribution in [-0.4, -0.2) is 49.7 Å². The molecule has 7 nitrogen and oxygen atoms in total. The molecular weight excluding hydrogens is 408 g/mol. The summed E-state index contributed by atoms with van der Waals surface area (Å²) in [6.07, 6.45) is 2.66. The molecule has 0 aliphatic carbocycles. The van der Waals surface area contributed by atoms with Crippen molar-refractivity contribution in [1.82, 2.24) is 9.97 Å². The molecule has 0 bridgehead atoms. The number of benzene rings is 1. The zero-order chi connectivity index (χ0) is 21.3. The number of furan rings is 1. The molecule has 1 saturated heterocycles. The minimum absolute atomic E-state index is 0.490. The van der Waals surface area contributed by atoms with E-state index >= 15 is 0 Å². The first kappa shape index (κ1) is 21.0. The van der Waals surface area contributed by atoms with E-state index in [-0.39, 0.29) is 0 Å². The lowest BCUT2D eigenvalue weighted by atomic mass is 9.89. The minimum atomic E-state index is -1.28. The van der Waals surface area contributed by atoms with Gasteiger partial charge in [0, 0.05) is 23.8 Å². The number of hydrogen-bond acceptors (Lipinski definition) is 7. The zero-order valence-corrected chi connectivity index (χ0v) is 17.1. The SMILES string of the molecule is CC[C@H]1O[C@@H](c2ccc(Cl)c(Cc3cnc(-c4ccoc4)nc3)c2)[C@H](O)[C@@H](O)[C@@H]1O. The van der Waals surface area contributed by atoms with Crippen molar-refractivity contribution >= 4 is 11.6 Å². The van der Waals surface area contributed by atoms with Crippen LogP contribution in [0.1, 0.15) is 36.1 Å². The Morgan fingerprint density at radius 3 is 2.47 bits per heavy atom. The summed E-state index contributed by atoms with van der Waals surface area (Å²) in [5.41, 5.74) is 3.17. The van der Waals surface area contributed by atoms with Gasteiger partial charge in [-0.2, -0.15) is 0 Å². The molecule has 1 fully saturated rings. The maximum Gasteiger partial charge on any atom is 0.162 e. The molecule has 0 saturated carbocycles. The van der Waals surface area contributed by atoms with Crippen LogP contribution in [0, 0.1) is 0 Å². The Hall–Kier alpha value is -2.29. The highest BCUT2D eigenvalue weighted by molar-refractivity contribution is 6.31. The molecule has 30 heavy (non-hydrogen) atoms. The maximum absolute atomic E-state index is 10.4. The van der Waals surface area contributed by atoms with Gasteiger partial charge in [-0.05, 0) is 35.2 Å². The Morgan fingerprint density at radius 1 is 1.03 bits per heavy atom. The summed E-state index contributed by atoms with van der Waals surface area (Å²) in [7, 11) is 0. The molecule has 0 radical (unpaired) electrons. The molecule has 1 aromatic carbocycles. The van der Waals surface area contributed by atoms with Gasteiger partial charge in [0.15, 0.2) is 5.82 Å². The highest BCUT2D eigenvalue weighted by atomic mass is 35.5. The first-order valence-electron chi connectivity index (χ1n) is 9.79. The molecule has 3 N–H and O–H groups in total. The fourth-order valence-corrected chi connectivity index (χ4v) is 3.86. The molecular formula is C22H23ClN2O5. The molecule has 3 heterocycles. The van der Waals surface area contributed by atoms with Crippen molar-refractivity contribution in [2.45, 2.75) is 50.3 Å². The van der Waals surface area contributed by atoms with Crippen molar-refractivity contribution in [1.29, 1.82) is 0 Å². The molecule has 8 heteroatoms. The quantitative estimate of drug-likeness (QED) is 0.571. The summed E-state index contributed by atoms with van der Waals surface area (Å²) < 4.78 is 10.9. The Kier molecular flexibility index (Phi) is 6.17. The van der Waals surface area contributed by atoms with Crippen LogP contribution in [0.3, 0.4) is 0 Å². The second-order valence-electron chi connectivity index (χ2n) is 7.43. The molecule has 1 aliphatic rings. The standard InChI is InChI=1S/C22H23ClN2O5/c1-2-17-18(26)19(27)20(28)21(30-17)13-3-4-16(23)15(8-13)7-12-9-24-22(25-10-12)14-5-6-29-11-14/h3-6,8-11,17-21,26-28H,2,7H2,1H3/t17-,18-,19+,20-,21+/m1/s1. The first-order chi connectivity index (χ1) is 14.5. The molecule has 0 amide bonds. The van der Waals surface area contributed by atoms with Crippen molar-refractivity contribution in [3.05, 3.63) is 70.9 Å². The third-order valence-corrected chi connectivity index (χ3v) is 5.76. The lowest BCUT2D eigenvalue weighted by molar-refractivity contribution is -0.225. The van der Waals surface area contributed by atoms with E-state index in [0.29, 0.717) is 29.3 Å². The van der Waals surface area contributed by atoms with Crippen LogP contribution < -0.4 is 0 Å². The fraction of sp³-hybridized carbons (Fsp3) is 0.364. The predicted octanol–water partition coefficient (Wildman–Crippen LogP) is 2.91. The summed E-state index contributed by atoms with van der Waals surface area (Å²) in [5, 5.41) is 31.3. The first-order valence-corrected chi connectivity index (χ1v) is 10.2. The normalized spacial score (nSPS) is 26.6. The highest BCUT2D eigenvalue weighted by Crippen LogP contribution is 2.35. The Balaban J connectivity index is 1.56. The van der Waals surface area contributed by atoms with Gasteiger partial charge in [0.1, 0.15) is 30.7 Å². The molecule has 1 aliphatic heterocycles.